The standard InChI is InChI=1S/C16H11Cl2N5O3S/c17-10-3-1-9(2-4-10)15-20-16(22-21-15)27-8-14(24)19-11-5-6-12(18)13(7-11)23(25)26/h1-7H,8H2,(H,19,24)(H,20,21,22). The maximum Gasteiger partial charge on any atom is 0.289 e. The summed E-state index contributed by atoms with van der Waals surface area (Å²) in [6, 6.07) is 11.1. The first-order valence-corrected chi connectivity index (χ1v) is 9.21. The van der Waals surface area contributed by atoms with Crippen molar-refractivity contribution in [2.45, 2.75) is 5.16 Å². The van der Waals surface area contributed by atoms with Crippen LogP contribution in [0.25, 0.3) is 11.4 Å². The van der Waals surface area contributed by atoms with Crippen molar-refractivity contribution in [3.8, 4) is 11.4 Å². The molecular weight excluding hydrogens is 413 g/mol. The number of thioether (sulfide) groups is 1. The second kappa shape index (κ2) is 8.38. The second-order valence-corrected chi connectivity index (χ2v) is 7.02. The molecule has 0 spiro atoms. The van der Waals surface area contributed by atoms with Crippen LogP contribution >= 0.6 is 35.0 Å². The van der Waals surface area contributed by atoms with Gasteiger partial charge in [-0.1, -0.05) is 35.0 Å². The van der Waals surface area contributed by atoms with Crippen molar-refractivity contribution >= 4 is 52.2 Å². The van der Waals surface area contributed by atoms with Gasteiger partial charge in [0.2, 0.25) is 11.1 Å². The highest BCUT2D eigenvalue weighted by atomic mass is 35.5. The fourth-order valence-electron chi connectivity index (χ4n) is 2.11. The minimum atomic E-state index is -0.612. The van der Waals surface area contributed by atoms with E-state index in [4.69, 9.17) is 23.2 Å². The summed E-state index contributed by atoms with van der Waals surface area (Å²) in [4.78, 5) is 26.6. The molecule has 0 atom stereocenters. The molecule has 0 radical (unpaired) electrons. The lowest BCUT2D eigenvalue weighted by Crippen LogP contribution is -2.14. The Hall–Kier alpha value is -2.62. The number of aromatic nitrogens is 3. The van der Waals surface area contributed by atoms with Crippen molar-refractivity contribution in [2.75, 3.05) is 11.1 Å². The van der Waals surface area contributed by atoms with Crippen molar-refractivity contribution in [3.05, 3.63) is 62.6 Å². The maximum absolute atomic E-state index is 12.1. The van der Waals surface area contributed by atoms with Gasteiger partial charge in [-0.15, -0.1) is 5.10 Å². The molecule has 0 unspecified atom stereocenters. The highest BCUT2D eigenvalue weighted by molar-refractivity contribution is 7.99. The molecule has 0 fully saturated rings. The number of halogens is 2. The SMILES string of the molecule is O=C(CSc1n[nH]c(-c2ccc(Cl)cc2)n1)Nc1ccc(Cl)c([N+](=O)[O-])c1. The maximum atomic E-state index is 12.1. The van der Waals surface area contributed by atoms with Crippen molar-refractivity contribution in [2.24, 2.45) is 0 Å². The monoisotopic (exact) mass is 423 g/mol. The molecule has 8 nitrogen and oxygen atoms in total. The summed E-state index contributed by atoms with van der Waals surface area (Å²) in [5.41, 5.74) is 0.828. The number of nitrogens with zero attached hydrogens (tertiary/aromatic N) is 3. The minimum absolute atomic E-state index is 0.00262. The van der Waals surface area contributed by atoms with Crippen LogP contribution in [0.2, 0.25) is 10.0 Å². The molecule has 2 aromatic carbocycles. The number of hydrogen-bond donors (Lipinski definition) is 2. The lowest BCUT2D eigenvalue weighted by Gasteiger charge is -2.04. The Kier molecular flexibility index (Phi) is 5.94. The van der Waals surface area contributed by atoms with Gasteiger partial charge in [0.25, 0.3) is 5.69 Å². The number of rotatable bonds is 6. The van der Waals surface area contributed by atoms with Gasteiger partial charge in [0.05, 0.1) is 10.7 Å². The molecule has 27 heavy (non-hydrogen) atoms. The molecule has 0 saturated carbocycles. The molecule has 0 bridgehead atoms. The van der Waals surface area contributed by atoms with Gasteiger partial charge in [-0.3, -0.25) is 20.0 Å². The molecule has 0 aliphatic heterocycles. The van der Waals surface area contributed by atoms with E-state index < -0.39 is 4.92 Å². The van der Waals surface area contributed by atoms with E-state index in [1.54, 1.807) is 24.3 Å². The summed E-state index contributed by atoms with van der Waals surface area (Å²) in [6.07, 6.45) is 0. The number of carbonyl (C=O) groups is 1. The summed E-state index contributed by atoms with van der Waals surface area (Å²) >= 11 is 12.7. The van der Waals surface area contributed by atoms with Gasteiger partial charge in [0, 0.05) is 22.3 Å². The predicted molar refractivity (Wildman–Crippen MR) is 104 cm³/mol. The molecule has 138 valence electrons. The number of nitro benzene ring substituents is 1. The molecule has 0 aliphatic carbocycles. The Morgan fingerprint density at radius 1 is 1.22 bits per heavy atom. The summed E-state index contributed by atoms with van der Waals surface area (Å²) in [7, 11) is 0. The second-order valence-electron chi connectivity index (χ2n) is 5.23. The Balaban J connectivity index is 1.59. The third kappa shape index (κ3) is 4.97. The van der Waals surface area contributed by atoms with Crippen molar-refractivity contribution in [3.63, 3.8) is 0 Å². The van der Waals surface area contributed by atoms with Gasteiger partial charge in [-0.2, -0.15) is 0 Å². The summed E-state index contributed by atoms with van der Waals surface area (Å²) in [5.74, 6) is 0.242. The van der Waals surface area contributed by atoms with Crippen LogP contribution in [0.3, 0.4) is 0 Å². The van der Waals surface area contributed by atoms with E-state index in [-0.39, 0.29) is 28.1 Å². The van der Waals surface area contributed by atoms with Gasteiger partial charge < -0.3 is 5.32 Å². The average molecular weight is 424 g/mol. The number of H-pyrrole nitrogens is 1. The molecule has 11 heteroatoms. The van der Waals surface area contributed by atoms with Crippen molar-refractivity contribution < 1.29 is 9.72 Å². The number of nitro groups is 1. The van der Waals surface area contributed by atoms with Crippen LogP contribution in [0, 0.1) is 10.1 Å². The molecule has 1 aromatic heterocycles. The van der Waals surface area contributed by atoms with Crippen LogP contribution in [-0.4, -0.2) is 31.8 Å². The summed E-state index contributed by atoms with van der Waals surface area (Å²) in [6.45, 7) is 0. The van der Waals surface area contributed by atoms with Crippen LogP contribution in [0.1, 0.15) is 0 Å². The van der Waals surface area contributed by atoms with E-state index in [0.717, 1.165) is 17.3 Å². The minimum Gasteiger partial charge on any atom is -0.325 e. The van der Waals surface area contributed by atoms with Crippen molar-refractivity contribution in [1.29, 1.82) is 0 Å². The summed E-state index contributed by atoms with van der Waals surface area (Å²) in [5, 5.41) is 21.3. The molecule has 2 N–H and O–H groups in total. The smallest absolute Gasteiger partial charge is 0.289 e. The Labute approximate surface area is 167 Å². The van der Waals surface area contributed by atoms with Crippen LogP contribution in [0.5, 0.6) is 0 Å². The van der Waals surface area contributed by atoms with E-state index in [9.17, 15) is 14.9 Å². The zero-order valence-electron chi connectivity index (χ0n) is 13.5. The molecule has 0 aliphatic rings. The zero-order valence-corrected chi connectivity index (χ0v) is 15.8. The Morgan fingerprint density at radius 3 is 2.67 bits per heavy atom. The van der Waals surface area contributed by atoms with Crippen LogP contribution in [0.4, 0.5) is 11.4 Å². The van der Waals surface area contributed by atoms with Gasteiger partial charge in [-0.25, -0.2) is 4.98 Å². The number of anilines is 1. The van der Waals surface area contributed by atoms with E-state index in [2.05, 4.69) is 20.5 Å². The largest absolute Gasteiger partial charge is 0.325 e. The number of amides is 1. The number of aromatic amines is 1. The van der Waals surface area contributed by atoms with Gasteiger partial charge in [-0.05, 0) is 36.4 Å². The first-order chi connectivity index (χ1) is 12.9. The highest BCUT2D eigenvalue weighted by Crippen LogP contribution is 2.27. The number of benzene rings is 2. The summed E-state index contributed by atoms with van der Waals surface area (Å²) < 4.78 is 0. The molecule has 1 heterocycles. The Morgan fingerprint density at radius 2 is 1.96 bits per heavy atom. The normalized spacial score (nSPS) is 10.6. The first-order valence-electron chi connectivity index (χ1n) is 7.47. The molecule has 3 aromatic rings. The van der Waals surface area contributed by atoms with Gasteiger partial charge >= 0.3 is 0 Å². The fourth-order valence-corrected chi connectivity index (χ4v) is 3.02. The van der Waals surface area contributed by atoms with Crippen LogP contribution in [0.15, 0.2) is 47.6 Å². The fraction of sp³-hybridized carbons (Fsp3) is 0.0625. The van der Waals surface area contributed by atoms with Gasteiger partial charge in [0.15, 0.2) is 5.82 Å². The molecule has 0 saturated heterocycles. The first kappa shape index (κ1) is 19.2. The quantitative estimate of drug-likeness (QED) is 0.344. The molecule has 3 rings (SSSR count). The number of carbonyl (C=O) groups excluding carboxylic acids is 1. The van der Waals surface area contributed by atoms with E-state index in [1.807, 2.05) is 0 Å². The zero-order chi connectivity index (χ0) is 19.4. The van der Waals surface area contributed by atoms with Gasteiger partial charge in [0.1, 0.15) is 5.02 Å². The van der Waals surface area contributed by atoms with E-state index >= 15 is 0 Å². The lowest BCUT2D eigenvalue weighted by molar-refractivity contribution is -0.384. The number of nitrogens with one attached hydrogen (secondary N) is 2. The average Bonchev–Trinajstić information content (AvgIpc) is 3.11. The lowest BCUT2D eigenvalue weighted by atomic mass is 10.2. The molecule has 1 amide bonds. The van der Waals surface area contributed by atoms with E-state index in [0.29, 0.717) is 16.0 Å². The topological polar surface area (TPSA) is 114 Å². The highest BCUT2D eigenvalue weighted by Gasteiger charge is 2.14. The van der Waals surface area contributed by atoms with Crippen molar-refractivity contribution in [1.82, 2.24) is 15.2 Å². The number of hydrogen-bond acceptors (Lipinski definition) is 6. The van der Waals surface area contributed by atoms with Crippen LogP contribution < -0.4 is 5.32 Å². The third-order valence-electron chi connectivity index (χ3n) is 3.34. The Bertz CT molecular complexity index is 994. The molecular formula is C16H11Cl2N5O3S. The predicted octanol–water partition coefficient (Wildman–Crippen LogP) is 4.42. The third-order valence-corrected chi connectivity index (χ3v) is 4.76. The van der Waals surface area contributed by atoms with E-state index in [1.165, 1.54) is 18.2 Å². The van der Waals surface area contributed by atoms with Crippen LogP contribution in [-0.2, 0) is 4.79 Å².